The van der Waals surface area contributed by atoms with Gasteiger partial charge in [-0.1, -0.05) is 13.0 Å². The monoisotopic (exact) mass is 393 g/mol. The van der Waals surface area contributed by atoms with Gasteiger partial charge in [-0.15, -0.1) is 17.0 Å². The number of halogens is 1. The number of fused-ring (bicyclic) bond motifs is 4. The summed E-state index contributed by atoms with van der Waals surface area (Å²) < 4.78 is 0. The van der Waals surface area contributed by atoms with Gasteiger partial charge in [0.05, 0.1) is 0 Å². The molecule has 4 N–H and O–H groups in total. The maximum absolute atomic E-state index is 10.2. The van der Waals surface area contributed by atoms with Gasteiger partial charge in [-0.05, 0) is 41.3 Å². The average Bonchev–Trinajstić information content (AvgIpc) is 2.52. The van der Waals surface area contributed by atoms with E-state index in [1.165, 1.54) is 6.07 Å². The van der Waals surface area contributed by atoms with Crippen LogP contribution in [0.15, 0.2) is 24.3 Å². The summed E-state index contributed by atoms with van der Waals surface area (Å²) in [5.74, 6) is -0.199. The molecule has 6 heteroatoms. The Bertz CT molecular complexity index is 808. The Balaban J connectivity index is 0.00000169. The number of benzene rings is 2. The summed E-state index contributed by atoms with van der Waals surface area (Å²) >= 11 is 0. The zero-order valence-electron chi connectivity index (χ0n) is 13.2. The van der Waals surface area contributed by atoms with E-state index in [4.69, 9.17) is 0 Å². The van der Waals surface area contributed by atoms with E-state index in [1.807, 2.05) is 6.07 Å². The minimum absolute atomic E-state index is 0. The van der Waals surface area contributed by atoms with Crippen LogP contribution in [-0.2, 0) is 13.0 Å². The van der Waals surface area contributed by atoms with E-state index in [1.54, 1.807) is 12.1 Å². The minimum Gasteiger partial charge on any atom is -0.504 e. The van der Waals surface area contributed by atoms with Gasteiger partial charge < -0.3 is 20.4 Å². The second-order valence-electron chi connectivity index (χ2n) is 6.49. The number of phenols is 4. The van der Waals surface area contributed by atoms with Gasteiger partial charge in [-0.25, -0.2) is 0 Å². The third-order valence-corrected chi connectivity index (χ3v) is 5.24. The van der Waals surface area contributed by atoms with Crippen molar-refractivity contribution in [3.05, 3.63) is 46.5 Å². The average molecular weight is 394 g/mol. The first-order chi connectivity index (χ1) is 11.0. The Morgan fingerprint density at radius 2 is 1.67 bits per heavy atom. The van der Waals surface area contributed by atoms with Crippen molar-refractivity contribution >= 4 is 17.0 Å². The van der Waals surface area contributed by atoms with E-state index in [0.717, 1.165) is 35.2 Å². The molecule has 0 spiro atoms. The molecule has 128 valence electrons. The number of nitrogens with zero attached hydrogens (tertiary/aromatic N) is 1. The van der Waals surface area contributed by atoms with Crippen LogP contribution in [0, 0.1) is 0 Å². The highest BCUT2D eigenvalue weighted by Gasteiger charge is 2.38. The number of rotatable bonds is 0. The van der Waals surface area contributed by atoms with Crippen LogP contribution in [0.4, 0.5) is 0 Å². The van der Waals surface area contributed by atoms with Crippen LogP contribution in [0.3, 0.4) is 0 Å². The molecule has 2 aromatic rings. The quantitative estimate of drug-likeness (QED) is 0.516. The van der Waals surface area contributed by atoms with Crippen molar-refractivity contribution in [3.8, 4) is 23.0 Å². The smallest absolute Gasteiger partial charge is 0.162 e. The third-order valence-electron chi connectivity index (χ3n) is 5.24. The lowest BCUT2D eigenvalue weighted by Gasteiger charge is -2.45. The predicted molar refractivity (Wildman–Crippen MR) is 95.1 cm³/mol. The molecule has 2 atom stereocenters. The lowest BCUT2D eigenvalue weighted by Crippen LogP contribution is -2.41. The maximum atomic E-state index is 10.2. The standard InChI is InChI=1S/C18H19NO4.BrH/c1-9-11-2-3-14(20)18(23)13(11)8-19-5-4-10-6-15(21)16(22)7-12(10)17(9)19;/h2-3,6-7,9,17,20-23H,4-5,8H2,1H3;1H/t9-,17+;/m0./s1. The summed E-state index contributed by atoms with van der Waals surface area (Å²) in [7, 11) is 0. The van der Waals surface area contributed by atoms with Crippen molar-refractivity contribution in [2.75, 3.05) is 6.54 Å². The van der Waals surface area contributed by atoms with E-state index >= 15 is 0 Å². The molecule has 0 radical (unpaired) electrons. The molecule has 4 rings (SSSR count). The number of hydrogen-bond acceptors (Lipinski definition) is 5. The highest BCUT2D eigenvalue weighted by molar-refractivity contribution is 8.93. The second-order valence-corrected chi connectivity index (χ2v) is 6.49. The Hall–Kier alpha value is -1.92. The molecule has 24 heavy (non-hydrogen) atoms. The normalized spacial score (nSPS) is 22.0. The van der Waals surface area contributed by atoms with E-state index in [0.29, 0.717) is 6.54 Å². The maximum Gasteiger partial charge on any atom is 0.162 e. The molecule has 0 amide bonds. The predicted octanol–water partition coefficient (Wildman–Crippen LogP) is 3.30. The lowest BCUT2D eigenvalue weighted by molar-refractivity contribution is 0.136. The fourth-order valence-corrected chi connectivity index (χ4v) is 4.10. The molecule has 0 unspecified atom stereocenters. The van der Waals surface area contributed by atoms with E-state index in [-0.39, 0.29) is 51.9 Å². The van der Waals surface area contributed by atoms with Crippen LogP contribution in [0.2, 0.25) is 0 Å². The second kappa shape index (κ2) is 5.86. The Labute approximate surface area is 150 Å². The molecule has 2 heterocycles. The third kappa shape index (κ3) is 2.32. The first-order valence-corrected chi connectivity index (χ1v) is 7.80. The van der Waals surface area contributed by atoms with Crippen molar-refractivity contribution in [2.45, 2.75) is 31.8 Å². The highest BCUT2D eigenvalue weighted by atomic mass is 79.9. The molecule has 2 aliphatic rings. The lowest BCUT2D eigenvalue weighted by atomic mass is 9.77. The summed E-state index contributed by atoms with van der Waals surface area (Å²) in [5.41, 5.74) is 3.87. The van der Waals surface area contributed by atoms with Crippen LogP contribution < -0.4 is 0 Å². The van der Waals surface area contributed by atoms with Gasteiger partial charge >= 0.3 is 0 Å². The van der Waals surface area contributed by atoms with Crippen LogP contribution in [0.25, 0.3) is 0 Å². The van der Waals surface area contributed by atoms with E-state index in [9.17, 15) is 20.4 Å². The molecule has 2 aromatic carbocycles. The van der Waals surface area contributed by atoms with Gasteiger partial charge in [0, 0.05) is 30.6 Å². The van der Waals surface area contributed by atoms with E-state index < -0.39 is 0 Å². The van der Waals surface area contributed by atoms with Crippen LogP contribution in [0.1, 0.15) is 41.1 Å². The van der Waals surface area contributed by atoms with Gasteiger partial charge in [0.2, 0.25) is 0 Å². The summed E-state index contributed by atoms with van der Waals surface area (Å²) in [6.07, 6.45) is 0.779. The number of phenolic OH excluding ortho intramolecular Hbond substituents is 4. The van der Waals surface area contributed by atoms with E-state index in [2.05, 4.69) is 11.8 Å². The molecular weight excluding hydrogens is 374 g/mol. The van der Waals surface area contributed by atoms with Gasteiger partial charge in [-0.3, -0.25) is 4.90 Å². The summed E-state index contributed by atoms with van der Waals surface area (Å²) in [6.45, 7) is 3.46. The largest absolute Gasteiger partial charge is 0.504 e. The molecule has 0 fully saturated rings. The molecule has 0 aromatic heterocycles. The zero-order chi connectivity index (χ0) is 16.3. The van der Waals surface area contributed by atoms with Crippen molar-refractivity contribution in [1.82, 2.24) is 4.90 Å². The van der Waals surface area contributed by atoms with Crippen LogP contribution >= 0.6 is 17.0 Å². The first-order valence-electron chi connectivity index (χ1n) is 7.80. The summed E-state index contributed by atoms with van der Waals surface area (Å²) in [5, 5.41) is 39.6. The summed E-state index contributed by atoms with van der Waals surface area (Å²) in [4.78, 5) is 2.25. The van der Waals surface area contributed by atoms with Crippen LogP contribution in [-0.4, -0.2) is 31.9 Å². The first kappa shape index (κ1) is 16.9. The number of hydrogen-bond donors (Lipinski definition) is 4. The molecule has 2 aliphatic heterocycles. The number of aromatic hydroxyl groups is 4. The van der Waals surface area contributed by atoms with Crippen molar-refractivity contribution in [2.24, 2.45) is 0 Å². The van der Waals surface area contributed by atoms with Gasteiger partial charge in [0.15, 0.2) is 23.0 Å². The Morgan fingerprint density at radius 3 is 2.42 bits per heavy atom. The van der Waals surface area contributed by atoms with Gasteiger partial charge in [-0.2, -0.15) is 0 Å². The van der Waals surface area contributed by atoms with Crippen LogP contribution in [0.5, 0.6) is 23.0 Å². The van der Waals surface area contributed by atoms with Crippen molar-refractivity contribution in [1.29, 1.82) is 0 Å². The Kier molecular flexibility index (Phi) is 4.13. The summed E-state index contributed by atoms with van der Waals surface area (Å²) in [6, 6.07) is 6.78. The molecule has 0 aliphatic carbocycles. The molecule has 5 nitrogen and oxygen atoms in total. The molecule has 0 saturated heterocycles. The van der Waals surface area contributed by atoms with Crippen molar-refractivity contribution in [3.63, 3.8) is 0 Å². The molecule has 0 saturated carbocycles. The van der Waals surface area contributed by atoms with Crippen molar-refractivity contribution < 1.29 is 20.4 Å². The fourth-order valence-electron chi connectivity index (χ4n) is 4.10. The fraction of sp³-hybridized carbons (Fsp3) is 0.333. The molecular formula is C18H20BrNO4. The van der Waals surface area contributed by atoms with Gasteiger partial charge in [0.25, 0.3) is 0 Å². The topological polar surface area (TPSA) is 84.2 Å². The Morgan fingerprint density at radius 1 is 0.958 bits per heavy atom. The highest BCUT2D eigenvalue weighted by Crippen LogP contribution is 2.50. The van der Waals surface area contributed by atoms with Gasteiger partial charge in [0.1, 0.15) is 0 Å². The minimum atomic E-state index is -0.0999. The SMILES string of the molecule is Br.C[C@H]1c2ccc(O)c(O)c2CN2CCc3cc(O)c(O)cc3[C@@H]12. The zero-order valence-corrected chi connectivity index (χ0v) is 14.9. The molecule has 0 bridgehead atoms.